The number of anilines is 1. The van der Waals surface area contributed by atoms with Crippen LogP contribution in [0.4, 0.5) is 5.69 Å². The van der Waals surface area contributed by atoms with Crippen molar-refractivity contribution in [2.75, 3.05) is 5.32 Å². The van der Waals surface area contributed by atoms with Crippen LogP contribution in [-0.4, -0.2) is 15.8 Å². The molecule has 2 unspecified atom stereocenters. The van der Waals surface area contributed by atoms with Gasteiger partial charge < -0.3 is 5.32 Å². The molecule has 0 aromatic carbocycles. The molecule has 1 aromatic heterocycles. The van der Waals surface area contributed by atoms with Crippen LogP contribution in [0.2, 0.25) is 0 Å². The van der Waals surface area contributed by atoms with Gasteiger partial charge in [-0.25, -0.2) is 0 Å². The van der Waals surface area contributed by atoms with E-state index < -0.39 is 0 Å². The molecule has 0 aliphatic heterocycles. The number of nitrogens with one attached hydrogen (secondary N) is 1. The third-order valence-electron chi connectivity index (χ3n) is 3.71. The quantitative estimate of drug-likeness (QED) is 0.868. The van der Waals surface area contributed by atoms with E-state index in [9.17, 15) is 0 Å². The first kappa shape index (κ1) is 12.5. The van der Waals surface area contributed by atoms with E-state index in [4.69, 9.17) is 0 Å². The van der Waals surface area contributed by atoms with Gasteiger partial charge in [-0.15, -0.1) is 0 Å². The van der Waals surface area contributed by atoms with Crippen molar-refractivity contribution in [1.82, 2.24) is 9.78 Å². The lowest BCUT2D eigenvalue weighted by molar-refractivity contribution is 0.178. The minimum absolute atomic E-state index is 0.468. The molecule has 0 saturated heterocycles. The molecule has 3 nitrogen and oxygen atoms in total. The zero-order valence-corrected chi connectivity index (χ0v) is 11.5. The van der Waals surface area contributed by atoms with Gasteiger partial charge in [-0.05, 0) is 37.5 Å². The van der Waals surface area contributed by atoms with Crippen LogP contribution in [0.25, 0.3) is 0 Å². The van der Waals surface area contributed by atoms with Crippen LogP contribution in [0.15, 0.2) is 12.4 Å². The molecule has 1 heterocycles. The predicted molar refractivity (Wildman–Crippen MR) is 72.1 cm³/mol. The van der Waals surface area contributed by atoms with Gasteiger partial charge >= 0.3 is 0 Å². The summed E-state index contributed by atoms with van der Waals surface area (Å²) in [5.41, 5.74) is 1.64. The second-order valence-corrected chi connectivity index (χ2v) is 6.34. The molecule has 1 fully saturated rings. The summed E-state index contributed by atoms with van der Waals surface area (Å²) in [6.45, 7) is 10.2. The molecule has 0 radical (unpaired) electrons. The normalized spacial score (nSPS) is 28.0. The Balaban J connectivity index is 1.98. The van der Waals surface area contributed by atoms with E-state index >= 15 is 0 Å². The minimum atomic E-state index is 0.468. The van der Waals surface area contributed by atoms with Gasteiger partial charge in [0.25, 0.3) is 0 Å². The summed E-state index contributed by atoms with van der Waals surface area (Å²) in [6, 6.07) is 0.600. The second-order valence-electron chi connectivity index (χ2n) is 6.34. The van der Waals surface area contributed by atoms with Crippen LogP contribution in [0, 0.1) is 11.3 Å². The topological polar surface area (TPSA) is 29.9 Å². The maximum Gasteiger partial charge on any atom is 0.0728 e. The van der Waals surface area contributed by atoms with Crippen LogP contribution >= 0.6 is 0 Å². The second kappa shape index (κ2) is 4.71. The fourth-order valence-electron chi connectivity index (χ4n) is 3.30. The molecule has 1 aromatic rings. The summed E-state index contributed by atoms with van der Waals surface area (Å²) in [4.78, 5) is 0. The van der Waals surface area contributed by atoms with Crippen molar-refractivity contribution in [2.24, 2.45) is 11.3 Å². The summed E-state index contributed by atoms with van der Waals surface area (Å²) < 4.78 is 1.97. The van der Waals surface area contributed by atoms with Crippen molar-refractivity contribution < 1.29 is 0 Å². The Morgan fingerprint density at radius 2 is 2.24 bits per heavy atom. The third-order valence-corrected chi connectivity index (χ3v) is 3.71. The smallest absolute Gasteiger partial charge is 0.0728 e. The van der Waals surface area contributed by atoms with Gasteiger partial charge in [-0.2, -0.15) is 5.10 Å². The zero-order valence-electron chi connectivity index (χ0n) is 11.5. The zero-order chi connectivity index (χ0) is 12.5. The molecular weight excluding hydrogens is 210 g/mol. The molecule has 2 rings (SSSR count). The van der Waals surface area contributed by atoms with Gasteiger partial charge in [0.2, 0.25) is 0 Å². The van der Waals surface area contributed by atoms with Gasteiger partial charge in [0.1, 0.15) is 0 Å². The lowest BCUT2D eigenvalue weighted by atomic mass is 9.70. The molecule has 1 saturated carbocycles. The molecule has 1 N–H and O–H groups in total. The lowest BCUT2D eigenvalue weighted by Crippen LogP contribution is -2.35. The minimum Gasteiger partial charge on any atom is -0.380 e. The van der Waals surface area contributed by atoms with Gasteiger partial charge in [0, 0.05) is 18.8 Å². The maximum absolute atomic E-state index is 4.31. The fourth-order valence-corrected chi connectivity index (χ4v) is 3.30. The Kier molecular flexibility index (Phi) is 3.45. The molecule has 1 aliphatic rings. The number of aromatic nitrogens is 2. The van der Waals surface area contributed by atoms with Crippen molar-refractivity contribution in [3.8, 4) is 0 Å². The van der Waals surface area contributed by atoms with E-state index in [-0.39, 0.29) is 0 Å². The Bertz CT molecular complexity index is 367. The van der Waals surface area contributed by atoms with Crippen molar-refractivity contribution in [1.29, 1.82) is 0 Å². The fraction of sp³-hybridized carbons (Fsp3) is 0.786. The average Bonchev–Trinajstić information content (AvgIpc) is 2.62. The van der Waals surface area contributed by atoms with Crippen molar-refractivity contribution in [3.05, 3.63) is 12.4 Å². The van der Waals surface area contributed by atoms with Gasteiger partial charge in [-0.3, -0.25) is 4.68 Å². The van der Waals surface area contributed by atoms with Crippen molar-refractivity contribution in [2.45, 2.75) is 59.5 Å². The van der Waals surface area contributed by atoms with E-state index in [0.29, 0.717) is 11.5 Å². The van der Waals surface area contributed by atoms with Crippen LogP contribution in [-0.2, 0) is 6.54 Å². The van der Waals surface area contributed by atoms with E-state index in [1.54, 1.807) is 0 Å². The Morgan fingerprint density at radius 1 is 1.47 bits per heavy atom. The highest BCUT2D eigenvalue weighted by Crippen LogP contribution is 2.39. The molecule has 96 valence electrons. The van der Waals surface area contributed by atoms with E-state index in [1.165, 1.54) is 24.9 Å². The molecular formula is C14H25N3. The van der Waals surface area contributed by atoms with Crippen LogP contribution in [0.5, 0.6) is 0 Å². The molecule has 17 heavy (non-hydrogen) atoms. The molecule has 0 amide bonds. The summed E-state index contributed by atoms with van der Waals surface area (Å²) in [6.07, 6.45) is 7.93. The first-order valence-corrected chi connectivity index (χ1v) is 6.77. The van der Waals surface area contributed by atoms with E-state index in [2.05, 4.69) is 44.3 Å². The SMILES string of the molecule is CCn1cc(NC2CC(C)CC(C)(C)C2)cn1. The molecule has 0 bridgehead atoms. The van der Waals surface area contributed by atoms with Crippen molar-refractivity contribution in [3.63, 3.8) is 0 Å². The highest BCUT2D eigenvalue weighted by Gasteiger charge is 2.31. The number of aryl methyl sites for hydroxylation is 1. The number of hydrogen-bond donors (Lipinski definition) is 1. The van der Waals surface area contributed by atoms with Crippen LogP contribution in [0.1, 0.15) is 47.0 Å². The van der Waals surface area contributed by atoms with E-state index in [1.807, 2.05) is 10.9 Å². The Hall–Kier alpha value is -0.990. The number of rotatable bonds is 3. The maximum atomic E-state index is 4.31. The summed E-state index contributed by atoms with van der Waals surface area (Å²) in [5.74, 6) is 0.817. The molecule has 3 heteroatoms. The molecule has 1 aliphatic carbocycles. The van der Waals surface area contributed by atoms with Gasteiger partial charge in [-0.1, -0.05) is 20.8 Å². The predicted octanol–water partition coefficient (Wildman–Crippen LogP) is 3.53. The highest BCUT2D eigenvalue weighted by atomic mass is 15.3. The average molecular weight is 235 g/mol. The summed E-state index contributed by atoms with van der Waals surface area (Å²) in [7, 11) is 0. The third kappa shape index (κ3) is 3.24. The monoisotopic (exact) mass is 235 g/mol. The summed E-state index contributed by atoms with van der Waals surface area (Å²) in [5, 5.41) is 7.95. The van der Waals surface area contributed by atoms with Crippen LogP contribution < -0.4 is 5.32 Å². The molecule has 2 atom stereocenters. The Morgan fingerprint density at radius 3 is 2.82 bits per heavy atom. The summed E-state index contributed by atoms with van der Waals surface area (Å²) >= 11 is 0. The first-order chi connectivity index (χ1) is 7.98. The molecule has 0 spiro atoms. The highest BCUT2D eigenvalue weighted by molar-refractivity contribution is 5.39. The number of nitrogens with zero attached hydrogens (tertiary/aromatic N) is 2. The standard InChI is InChI=1S/C14H25N3/c1-5-17-10-13(9-15-17)16-12-6-11(2)7-14(3,4)8-12/h9-12,16H,5-8H2,1-4H3. The number of hydrogen-bond acceptors (Lipinski definition) is 2. The van der Waals surface area contributed by atoms with Crippen LogP contribution in [0.3, 0.4) is 0 Å². The van der Waals surface area contributed by atoms with Gasteiger partial charge in [0.05, 0.1) is 11.9 Å². The van der Waals surface area contributed by atoms with Gasteiger partial charge in [0.15, 0.2) is 0 Å². The Labute approximate surface area is 105 Å². The largest absolute Gasteiger partial charge is 0.380 e. The van der Waals surface area contributed by atoms with E-state index in [0.717, 1.165) is 12.5 Å². The first-order valence-electron chi connectivity index (χ1n) is 6.77. The lowest BCUT2D eigenvalue weighted by Gasteiger charge is -2.39. The van der Waals surface area contributed by atoms with Crippen molar-refractivity contribution >= 4 is 5.69 Å².